The Morgan fingerprint density at radius 2 is 2.15 bits per heavy atom. The molecule has 1 aromatic rings. The molecule has 0 spiro atoms. The molecule has 0 aliphatic heterocycles. The Balaban J connectivity index is 2.79. The van der Waals surface area contributed by atoms with Crippen molar-refractivity contribution >= 4 is 28.9 Å². The zero-order valence-electron chi connectivity index (χ0n) is 11.5. The van der Waals surface area contributed by atoms with Gasteiger partial charge in [0.2, 0.25) is 0 Å². The number of nitrogens with zero attached hydrogens (tertiary/aromatic N) is 1. The van der Waals surface area contributed by atoms with Crippen molar-refractivity contribution in [2.45, 2.75) is 26.7 Å². The van der Waals surface area contributed by atoms with Crippen LogP contribution in [0.15, 0.2) is 12.1 Å². The Morgan fingerprint density at radius 3 is 2.70 bits per heavy atom. The third kappa shape index (κ3) is 4.38. The summed E-state index contributed by atoms with van der Waals surface area (Å²) in [6.45, 7) is 4.69. The van der Waals surface area contributed by atoms with Gasteiger partial charge in [-0.2, -0.15) is 0 Å². The standard InChI is InChI=1S/C13H18ClN3O3/c1-8(2)4-3-5-16-13(18)10-6-9(17(19)20)7-11(14)12(10)15/h6-8H,3-5,15H2,1-2H3,(H,16,18). The van der Waals surface area contributed by atoms with Crippen LogP contribution in [0, 0.1) is 16.0 Å². The molecule has 0 unspecified atom stereocenters. The van der Waals surface area contributed by atoms with E-state index >= 15 is 0 Å². The Hall–Kier alpha value is -1.82. The number of nitro benzene ring substituents is 1. The summed E-state index contributed by atoms with van der Waals surface area (Å²) >= 11 is 5.80. The first kappa shape index (κ1) is 16.2. The fourth-order valence-electron chi connectivity index (χ4n) is 1.70. The van der Waals surface area contributed by atoms with Gasteiger partial charge in [0, 0.05) is 18.7 Å². The van der Waals surface area contributed by atoms with Gasteiger partial charge in [0.25, 0.3) is 11.6 Å². The summed E-state index contributed by atoms with van der Waals surface area (Å²) < 4.78 is 0. The Labute approximate surface area is 122 Å². The predicted molar refractivity (Wildman–Crippen MR) is 78.9 cm³/mol. The molecule has 0 fully saturated rings. The number of hydrogen-bond donors (Lipinski definition) is 2. The minimum Gasteiger partial charge on any atom is -0.397 e. The number of anilines is 1. The number of rotatable bonds is 6. The van der Waals surface area contributed by atoms with E-state index in [1.165, 1.54) is 0 Å². The van der Waals surface area contributed by atoms with E-state index in [1.807, 2.05) is 0 Å². The number of nitrogens with two attached hydrogens (primary N) is 1. The van der Waals surface area contributed by atoms with Crippen molar-refractivity contribution in [3.05, 3.63) is 32.8 Å². The topological polar surface area (TPSA) is 98.3 Å². The van der Waals surface area contributed by atoms with Crippen molar-refractivity contribution in [3.8, 4) is 0 Å². The van der Waals surface area contributed by atoms with Crippen LogP contribution < -0.4 is 11.1 Å². The van der Waals surface area contributed by atoms with Gasteiger partial charge in [-0.25, -0.2) is 0 Å². The van der Waals surface area contributed by atoms with Crippen molar-refractivity contribution < 1.29 is 9.72 Å². The van der Waals surface area contributed by atoms with Gasteiger partial charge in [-0.3, -0.25) is 14.9 Å². The second-order valence-corrected chi connectivity index (χ2v) is 5.35. The fourth-order valence-corrected chi connectivity index (χ4v) is 1.92. The van der Waals surface area contributed by atoms with Crippen molar-refractivity contribution in [1.82, 2.24) is 5.32 Å². The fraction of sp³-hybridized carbons (Fsp3) is 0.462. The molecule has 0 heterocycles. The quantitative estimate of drug-likeness (QED) is 0.365. The van der Waals surface area contributed by atoms with Gasteiger partial charge in [0.15, 0.2) is 0 Å². The molecule has 7 heteroatoms. The molecule has 1 aromatic carbocycles. The maximum absolute atomic E-state index is 12.0. The molecule has 0 bridgehead atoms. The van der Waals surface area contributed by atoms with Gasteiger partial charge in [0.05, 0.1) is 21.2 Å². The molecule has 0 aliphatic rings. The van der Waals surface area contributed by atoms with Crippen molar-refractivity contribution in [1.29, 1.82) is 0 Å². The largest absolute Gasteiger partial charge is 0.397 e. The van der Waals surface area contributed by atoms with Crippen LogP contribution in [0.25, 0.3) is 0 Å². The molecule has 110 valence electrons. The first-order valence-electron chi connectivity index (χ1n) is 6.34. The Kier molecular flexibility index (Phi) is 5.76. The second-order valence-electron chi connectivity index (χ2n) is 4.94. The van der Waals surface area contributed by atoms with Gasteiger partial charge >= 0.3 is 0 Å². The first-order valence-corrected chi connectivity index (χ1v) is 6.72. The van der Waals surface area contributed by atoms with Gasteiger partial charge in [-0.15, -0.1) is 0 Å². The lowest BCUT2D eigenvalue weighted by Crippen LogP contribution is -2.25. The minimum atomic E-state index is -0.610. The smallest absolute Gasteiger partial charge is 0.271 e. The van der Waals surface area contributed by atoms with Gasteiger partial charge in [0.1, 0.15) is 0 Å². The van der Waals surface area contributed by atoms with E-state index in [-0.39, 0.29) is 22.0 Å². The number of nitrogens with one attached hydrogen (secondary N) is 1. The normalized spacial score (nSPS) is 10.6. The van der Waals surface area contributed by atoms with Crippen molar-refractivity contribution in [3.63, 3.8) is 0 Å². The summed E-state index contributed by atoms with van der Waals surface area (Å²) in [6.07, 6.45) is 1.83. The van der Waals surface area contributed by atoms with Crippen LogP contribution in [-0.2, 0) is 0 Å². The highest BCUT2D eigenvalue weighted by molar-refractivity contribution is 6.34. The molecular weight excluding hydrogens is 282 g/mol. The molecule has 1 amide bonds. The summed E-state index contributed by atoms with van der Waals surface area (Å²) in [5, 5.41) is 13.4. The first-order chi connectivity index (χ1) is 9.32. The monoisotopic (exact) mass is 299 g/mol. The molecule has 0 atom stereocenters. The second kappa shape index (κ2) is 7.09. The van der Waals surface area contributed by atoms with E-state index in [1.54, 1.807) is 0 Å². The molecule has 0 radical (unpaired) electrons. The summed E-state index contributed by atoms with van der Waals surface area (Å²) in [4.78, 5) is 22.1. The van der Waals surface area contributed by atoms with E-state index in [0.717, 1.165) is 25.0 Å². The van der Waals surface area contributed by atoms with Crippen LogP contribution in [0.4, 0.5) is 11.4 Å². The van der Waals surface area contributed by atoms with Crippen molar-refractivity contribution in [2.75, 3.05) is 12.3 Å². The van der Waals surface area contributed by atoms with Gasteiger partial charge in [-0.1, -0.05) is 25.4 Å². The number of nitrogen functional groups attached to an aromatic ring is 1. The maximum atomic E-state index is 12.0. The molecular formula is C13H18ClN3O3. The Bertz CT molecular complexity index is 518. The molecule has 0 aromatic heterocycles. The summed E-state index contributed by atoms with van der Waals surface area (Å²) in [5.74, 6) is 0.112. The lowest BCUT2D eigenvalue weighted by atomic mass is 10.1. The lowest BCUT2D eigenvalue weighted by molar-refractivity contribution is -0.384. The number of halogens is 1. The predicted octanol–water partition coefficient (Wildman–Crippen LogP) is 3.00. The number of hydrogen-bond acceptors (Lipinski definition) is 4. The zero-order chi connectivity index (χ0) is 15.3. The van der Waals surface area contributed by atoms with Crippen LogP contribution in [0.2, 0.25) is 5.02 Å². The molecule has 1 rings (SSSR count). The highest BCUT2D eigenvalue weighted by Crippen LogP contribution is 2.28. The number of benzene rings is 1. The summed E-state index contributed by atoms with van der Waals surface area (Å²) in [7, 11) is 0. The highest BCUT2D eigenvalue weighted by atomic mass is 35.5. The number of amides is 1. The molecule has 6 nitrogen and oxygen atoms in total. The van der Waals surface area contributed by atoms with E-state index < -0.39 is 10.8 Å². The average Bonchev–Trinajstić information content (AvgIpc) is 2.36. The zero-order valence-corrected chi connectivity index (χ0v) is 12.2. The van der Waals surface area contributed by atoms with E-state index in [9.17, 15) is 14.9 Å². The van der Waals surface area contributed by atoms with Crippen LogP contribution in [0.3, 0.4) is 0 Å². The Morgan fingerprint density at radius 1 is 1.50 bits per heavy atom. The SMILES string of the molecule is CC(C)CCCNC(=O)c1cc([N+](=O)[O-])cc(Cl)c1N. The minimum absolute atomic E-state index is 0.00605. The van der Waals surface area contributed by atoms with E-state index in [0.29, 0.717) is 12.5 Å². The average molecular weight is 300 g/mol. The third-order valence-corrected chi connectivity index (χ3v) is 3.13. The highest BCUT2D eigenvalue weighted by Gasteiger charge is 2.18. The van der Waals surface area contributed by atoms with Crippen LogP contribution in [0.1, 0.15) is 37.0 Å². The van der Waals surface area contributed by atoms with Crippen molar-refractivity contribution in [2.24, 2.45) is 5.92 Å². The number of carbonyl (C=O) groups excluding carboxylic acids is 1. The van der Waals surface area contributed by atoms with Crippen LogP contribution >= 0.6 is 11.6 Å². The molecule has 20 heavy (non-hydrogen) atoms. The molecule has 3 N–H and O–H groups in total. The summed E-state index contributed by atoms with van der Waals surface area (Å²) in [5.41, 5.74) is 5.53. The van der Waals surface area contributed by atoms with E-state index in [2.05, 4.69) is 19.2 Å². The number of non-ortho nitro benzene ring substituents is 1. The molecule has 0 saturated carbocycles. The number of nitro groups is 1. The third-order valence-electron chi connectivity index (χ3n) is 2.81. The lowest BCUT2D eigenvalue weighted by Gasteiger charge is -2.09. The van der Waals surface area contributed by atoms with Crippen LogP contribution in [-0.4, -0.2) is 17.4 Å². The van der Waals surface area contributed by atoms with Gasteiger partial charge < -0.3 is 11.1 Å². The van der Waals surface area contributed by atoms with Crippen LogP contribution in [0.5, 0.6) is 0 Å². The van der Waals surface area contributed by atoms with E-state index in [4.69, 9.17) is 17.3 Å². The molecule has 0 aliphatic carbocycles. The molecule has 0 saturated heterocycles. The summed E-state index contributed by atoms with van der Waals surface area (Å²) in [6, 6.07) is 2.27. The van der Waals surface area contributed by atoms with Gasteiger partial charge in [-0.05, 0) is 18.8 Å². The maximum Gasteiger partial charge on any atom is 0.271 e. The number of carbonyl (C=O) groups is 1.